The van der Waals surface area contributed by atoms with E-state index in [2.05, 4.69) is 10.3 Å². The van der Waals surface area contributed by atoms with Gasteiger partial charge in [-0.1, -0.05) is 35.5 Å². The van der Waals surface area contributed by atoms with E-state index in [1.807, 2.05) is 29.6 Å². The number of ether oxygens (including phenoxy) is 3. The number of halogens is 1. The van der Waals surface area contributed by atoms with E-state index >= 15 is 0 Å². The topological polar surface area (TPSA) is 69.7 Å². The number of nitrogens with one attached hydrogen (secondary N) is 1. The second-order valence-corrected chi connectivity index (χ2v) is 8.68. The first-order valence-electron chi connectivity index (χ1n) is 8.94. The van der Waals surface area contributed by atoms with Crippen LogP contribution in [-0.2, 0) is 17.0 Å². The highest BCUT2D eigenvalue weighted by Crippen LogP contribution is 2.40. The van der Waals surface area contributed by atoms with Crippen LogP contribution in [0.2, 0.25) is 5.02 Å². The zero-order chi connectivity index (χ0) is 21.5. The standard InChI is InChI=1S/C21H21ClN2O4S2/c1-26-17-8-15(9-18(27-2)20(17)28-3)23-19(25)10-16-12-30-21(24-16)29-11-13-5-4-6-14(22)7-13/h4-9,12H,10-11H2,1-3H3,(H,23,25). The fraction of sp³-hybridized carbons (Fsp3) is 0.238. The molecule has 0 aliphatic heterocycles. The number of amides is 1. The molecule has 3 rings (SSSR count). The first-order chi connectivity index (χ1) is 14.5. The molecule has 0 radical (unpaired) electrons. The Morgan fingerprint density at radius 1 is 1.13 bits per heavy atom. The van der Waals surface area contributed by atoms with E-state index in [9.17, 15) is 4.79 Å². The molecule has 0 saturated heterocycles. The van der Waals surface area contributed by atoms with Gasteiger partial charge in [0.15, 0.2) is 11.5 Å². The molecule has 1 heterocycles. The van der Waals surface area contributed by atoms with Gasteiger partial charge in [0.1, 0.15) is 4.34 Å². The van der Waals surface area contributed by atoms with Crippen LogP contribution in [0.3, 0.4) is 0 Å². The van der Waals surface area contributed by atoms with Gasteiger partial charge in [0.05, 0.1) is 33.4 Å². The van der Waals surface area contributed by atoms with E-state index in [4.69, 9.17) is 25.8 Å². The van der Waals surface area contributed by atoms with E-state index in [-0.39, 0.29) is 12.3 Å². The monoisotopic (exact) mass is 464 g/mol. The van der Waals surface area contributed by atoms with E-state index in [0.29, 0.717) is 22.9 Å². The van der Waals surface area contributed by atoms with Crippen LogP contribution in [0.4, 0.5) is 5.69 Å². The van der Waals surface area contributed by atoms with Crippen LogP contribution >= 0.6 is 34.7 Å². The highest BCUT2D eigenvalue weighted by atomic mass is 35.5. The average molecular weight is 465 g/mol. The number of methoxy groups -OCH3 is 3. The number of hydrogen-bond acceptors (Lipinski definition) is 7. The molecule has 0 saturated carbocycles. The van der Waals surface area contributed by atoms with Gasteiger partial charge in [-0.3, -0.25) is 4.79 Å². The molecule has 1 aromatic heterocycles. The SMILES string of the molecule is COc1cc(NC(=O)Cc2csc(SCc3cccc(Cl)c3)n2)cc(OC)c1OC. The summed E-state index contributed by atoms with van der Waals surface area (Å²) in [5, 5.41) is 5.47. The Labute approximate surface area is 188 Å². The number of carbonyl (C=O) groups is 1. The van der Waals surface area contributed by atoms with Gasteiger partial charge in [0.2, 0.25) is 11.7 Å². The van der Waals surface area contributed by atoms with E-state index in [0.717, 1.165) is 26.4 Å². The number of rotatable bonds is 9. The minimum atomic E-state index is -0.180. The summed E-state index contributed by atoms with van der Waals surface area (Å²) in [6, 6.07) is 11.1. The van der Waals surface area contributed by atoms with Crippen molar-refractivity contribution in [1.29, 1.82) is 0 Å². The van der Waals surface area contributed by atoms with Crippen molar-refractivity contribution < 1.29 is 19.0 Å². The van der Waals surface area contributed by atoms with Crippen molar-refractivity contribution in [3.8, 4) is 17.2 Å². The number of carbonyl (C=O) groups excluding carboxylic acids is 1. The molecule has 6 nitrogen and oxygen atoms in total. The first kappa shape index (κ1) is 22.3. The largest absolute Gasteiger partial charge is 0.493 e. The van der Waals surface area contributed by atoms with Gasteiger partial charge >= 0.3 is 0 Å². The number of aromatic nitrogens is 1. The average Bonchev–Trinajstić information content (AvgIpc) is 3.18. The summed E-state index contributed by atoms with van der Waals surface area (Å²) in [7, 11) is 4.59. The molecule has 0 aliphatic carbocycles. The molecule has 0 spiro atoms. The minimum Gasteiger partial charge on any atom is -0.493 e. The van der Waals surface area contributed by atoms with Gasteiger partial charge in [0.25, 0.3) is 0 Å². The molecular weight excluding hydrogens is 444 g/mol. The Bertz CT molecular complexity index is 1000. The lowest BCUT2D eigenvalue weighted by Crippen LogP contribution is -2.14. The number of nitrogens with zero attached hydrogens (tertiary/aromatic N) is 1. The number of thiazole rings is 1. The lowest BCUT2D eigenvalue weighted by molar-refractivity contribution is -0.115. The van der Waals surface area contributed by atoms with Crippen molar-refractivity contribution in [2.75, 3.05) is 26.6 Å². The zero-order valence-corrected chi connectivity index (χ0v) is 19.1. The smallest absolute Gasteiger partial charge is 0.230 e. The summed E-state index contributed by atoms with van der Waals surface area (Å²) in [6.07, 6.45) is 0.172. The Kier molecular flexibility index (Phi) is 7.84. The number of anilines is 1. The van der Waals surface area contributed by atoms with Gasteiger partial charge in [0, 0.05) is 34.0 Å². The normalized spacial score (nSPS) is 10.5. The molecule has 0 fully saturated rings. The molecule has 1 N–H and O–H groups in total. The summed E-state index contributed by atoms with van der Waals surface area (Å²) in [5.74, 6) is 2.01. The lowest BCUT2D eigenvalue weighted by atomic mass is 10.2. The van der Waals surface area contributed by atoms with Gasteiger partial charge in [-0.05, 0) is 17.7 Å². The molecule has 1 amide bonds. The Morgan fingerprint density at radius 2 is 1.87 bits per heavy atom. The number of thioether (sulfide) groups is 1. The molecule has 0 bridgehead atoms. The van der Waals surface area contributed by atoms with Crippen LogP contribution in [0.5, 0.6) is 17.2 Å². The fourth-order valence-corrected chi connectivity index (χ4v) is 4.73. The van der Waals surface area contributed by atoms with Crippen LogP contribution in [0.1, 0.15) is 11.3 Å². The Hall–Kier alpha value is -2.42. The molecule has 3 aromatic rings. The molecule has 9 heteroatoms. The van der Waals surface area contributed by atoms with E-state index in [1.165, 1.54) is 32.7 Å². The number of hydrogen-bond donors (Lipinski definition) is 1. The van der Waals surface area contributed by atoms with Crippen molar-refractivity contribution in [3.05, 3.63) is 58.1 Å². The second-order valence-electron chi connectivity index (χ2n) is 6.16. The van der Waals surface area contributed by atoms with Crippen molar-refractivity contribution >= 4 is 46.3 Å². The maximum Gasteiger partial charge on any atom is 0.230 e. The molecule has 30 heavy (non-hydrogen) atoms. The molecule has 0 atom stereocenters. The van der Waals surface area contributed by atoms with Crippen molar-refractivity contribution in [2.45, 2.75) is 16.5 Å². The molecule has 0 aliphatic rings. The van der Waals surface area contributed by atoms with Crippen molar-refractivity contribution in [1.82, 2.24) is 4.98 Å². The summed E-state index contributed by atoms with van der Waals surface area (Å²) >= 11 is 9.16. The minimum absolute atomic E-state index is 0.172. The third kappa shape index (κ3) is 5.81. The third-order valence-corrected chi connectivity index (χ3v) is 6.45. The van der Waals surface area contributed by atoms with Crippen LogP contribution in [0.25, 0.3) is 0 Å². The third-order valence-electron chi connectivity index (χ3n) is 4.07. The van der Waals surface area contributed by atoms with Crippen molar-refractivity contribution in [2.24, 2.45) is 0 Å². The van der Waals surface area contributed by atoms with Gasteiger partial charge in [-0.15, -0.1) is 11.3 Å². The maximum atomic E-state index is 12.5. The highest BCUT2D eigenvalue weighted by Gasteiger charge is 2.15. The predicted molar refractivity (Wildman–Crippen MR) is 122 cm³/mol. The highest BCUT2D eigenvalue weighted by molar-refractivity contribution is 8.00. The first-order valence-corrected chi connectivity index (χ1v) is 11.2. The van der Waals surface area contributed by atoms with E-state index in [1.54, 1.807) is 23.9 Å². The van der Waals surface area contributed by atoms with Crippen LogP contribution in [0.15, 0.2) is 46.1 Å². The van der Waals surface area contributed by atoms with Crippen LogP contribution in [-0.4, -0.2) is 32.2 Å². The lowest BCUT2D eigenvalue weighted by Gasteiger charge is -2.14. The van der Waals surface area contributed by atoms with Crippen molar-refractivity contribution in [3.63, 3.8) is 0 Å². The van der Waals surface area contributed by atoms with Gasteiger partial charge < -0.3 is 19.5 Å². The maximum absolute atomic E-state index is 12.5. The molecule has 0 unspecified atom stereocenters. The Balaban J connectivity index is 1.60. The number of benzene rings is 2. The van der Waals surface area contributed by atoms with Crippen LogP contribution in [0, 0.1) is 0 Å². The zero-order valence-electron chi connectivity index (χ0n) is 16.7. The second kappa shape index (κ2) is 10.6. The summed E-state index contributed by atoms with van der Waals surface area (Å²) < 4.78 is 16.8. The summed E-state index contributed by atoms with van der Waals surface area (Å²) in [5.41, 5.74) is 2.41. The summed E-state index contributed by atoms with van der Waals surface area (Å²) in [6.45, 7) is 0. The predicted octanol–water partition coefficient (Wildman–Crippen LogP) is 5.30. The molecular formula is C21H21ClN2O4S2. The van der Waals surface area contributed by atoms with Gasteiger partial charge in [-0.25, -0.2) is 4.98 Å². The molecule has 158 valence electrons. The molecule has 2 aromatic carbocycles. The quantitative estimate of drug-likeness (QED) is 0.433. The Morgan fingerprint density at radius 3 is 2.50 bits per heavy atom. The van der Waals surface area contributed by atoms with Crippen LogP contribution < -0.4 is 19.5 Å². The van der Waals surface area contributed by atoms with Gasteiger partial charge in [-0.2, -0.15) is 0 Å². The summed E-state index contributed by atoms with van der Waals surface area (Å²) in [4.78, 5) is 17.0. The van der Waals surface area contributed by atoms with E-state index < -0.39 is 0 Å². The fourth-order valence-electron chi connectivity index (χ4n) is 2.73.